The van der Waals surface area contributed by atoms with Gasteiger partial charge in [-0.15, -0.1) is 0 Å². The molecule has 0 nitrogen and oxygen atoms in total. The Morgan fingerprint density at radius 1 is 1.31 bits per heavy atom. The molecule has 1 aromatic rings. The van der Waals surface area contributed by atoms with E-state index in [1.807, 2.05) is 0 Å². The summed E-state index contributed by atoms with van der Waals surface area (Å²) in [5.41, 5.74) is 1.44. The molecular formula is C12H14Br+. The van der Waals surface area contributed by atoms with E-state index >= 15 is 0 Å². The van der Waals surface area contributed by atoms with E-state index < -0.39 is 0 Å². The molecule has 0 aromatic heterocycles. The van der Waals surface area contributed by atoms with Gasteiger partial charge in [0.25, 0.3) is 0 Å². The van der Waals surface area contributed by atoms with Crippen LogP contribution in [-0.4, -0.2) is 0 Å². The standard InChI is InChI=1S/C12H14Br/c1-2-12(9-3-4-9)10-5-7-11(13)8-6-10/h5-9H,2-4H2,1H3/q+1. The van der Waals surface area contributed by atoms with Crippen LogP contribution in [0.3, 0.4) is 0 Å². The highest BCUT2D eigenvalue weighted by Crippen LogP contribution is 2.43. The average molecular weight is 238 g/mol. The first-order chi connectivity index (χ1) is 6.31. The van der Waals surface area contributed by atoms with Gasteiger partial charge in [-0.1, -0.05) is 0 Å². The predicted molar refractivity (Wildman–Crippen MR) is 59.5 cm³/mol. The van der Waals surface area contributed by atoms with Gasteiger partial charge in [0.1, 0.15) is 5.56 Å². The van der Waals surface area contributed by atoms with Crippen LogP contribution in [0.5, 0.6) is 0 Å². The van der Waals surface area contributed by atoms with E-state index in [4.69, 9.17) is 0 Å². The van der Waals surface area contributed by atoms with Crippen LogP contribution in [0.15, 0.2) is 28.7 Å². The zero-order valence-corrected chi connectivity index (χ0v) is 9.47. The van der Waals surface area contributed by atoms with E-state index in [2.05, 4.69) is 47.1 Å². The summed E-state index contributed by atoms with van der Waals surface area (Å²) in [6.07, 6.45) is 4.00. The molecule has 2 rings (SSSR count). The van der Waals surface area contributed by atoms with Crippen LogP contribution >= 0.6 is 15.9 Å². The Hall–Kier alpha value is -0.430. The van der Waals surface area contributed by atoms with Crippen LogP contribution in [0.1, 0.15) is 31.7 Å². The van der Waals surface area contributed by atoms with Crippen molar-refractivity contribution in [3.63, 3.8) is 0 Å². The molecule has 0 radical (unpaired) electrons. The van der Waals surface area contributed by atoms with Gasteiger partial charge in [-0.2, -0.15) is 0 Å². The maximum atomic E-state index is 3.46. The van der Waals surface area contributed by atoms with Crippen molar-refractivity contribution in [1.29, 1.82) is 0 Å². The fraction of sp³-hybridized carbons (Fsp3) is 0.417. The second-order valence-corrected chi connectivity index (χ2v) is 4.58. The zero-order valence-electron chi connectivity index (χ0n) is 7.89. The molecule has 0 saturated heterocycles. The molecule has 13 heavy (non-hydrogen) atoms. The first-order valence-corrected chi connectivity index (χ1v) is 5.72. The van der Waals surface area contributed by atoms with E-state index in [9.17, 15) is 0 Å². The Bertz CT molecular complexity index is 272. The second kappa shape index (κ2) is 3.75. The third-order valence-electron chi connectivity index (χ3n) is 2.67. The molecule has 0 heterocycles. The number of halogens is 1. The molecule has 68 valence electrons. The van der Waals surface area contributed by atoms with Gasteiger partial charge in [0, 0.05) is 47.0 Å². The first kappa shape index (κ1) is 9.14. The van der Waals surface area contributed by atoms with Crippen LogP contribution in [0.4, 0.5) is 0 Å². The number of rotatable bonds is 3. The largest absolute Gasteiger partial charge is 0.133 e. The van der Waals surface area contributed by atoms with Crippen molar-refractivity contribution in [2.75, 3.05) is 0 Å². The minimum Gasteiger partial charge on any atom is -0.0498 e. The molecule has 1 aliphatic carbocycles. The highest BCUT2D eigenvalue weighted by molar-refractivity contribution is 9.10. The summed E-state index contributed by atoms with van der Waals surface area (Å²) in [5, 5.41) is 0. The summed E-state index contributed by atoms with van der Waals surface area (Å²) in [4.78, 5) is 0. The normalized spacial score (nSPS) is 15.8. The van der Waals surface area contributed by atoms with E-state index in [-0.39, 0.29) is 0 Å². The highest BCUT2D eigenvalue weighted by atomic mass is 79.9. The van der Waals surface area contributed by atoms with Gasteiger partial charge in [0.15, 0.2) is 0 Å². The van der Waals surface area contributed by atoms with Crippen LogP contribution < -0.4 is 0 Å². The topological polar surface area (TPSA) is 0 Å². The smallest absolute Gasteiger partial charge is 0.0498 e. The van der Waals surface area contributed by atoms with Crippen molar-refractivity contribution in [1.82, 2.24) is 0 Å². The molecule has 0 aliphatic heterocycles. The van der Waals surface area contributed by atoms with Gasteiger partial charge < -0.3 is 0 Å². The molecule has 1 aliphatic rings. The van der Waals surface area contributed by atoms with E-state index in [1.54, 1.807) is 5.92 Å². The third kappa shape index (κ3) is 2.08. The fourth-order valence-electron chi connectivity index (χ4n) is 1.82. The van der Waals surface area contributed by atoms with Gasteiger partial charge >= 0.3 is 0 Å². The second-order valence-electron chi connectivity index (χ2n) is 3.66. The highest BCUT2D eigenvalue weighted by Gasteiger charge is 2.36. The number of hydrogen-bond donors (Lipinski definition) is 0. The minimum atomic E-state index is 0.895. The van der Waals surface area contributed by atoms with Crippen molar-refractivity contribution in [2.24, 2.45) is 5.92 Å². The first-order valence-electron chi connectivity index (χ1n) is 4.93. The summed E-state index contributed by atoms with van der Waals surface area (Å²) < 4.78 is 1.17. The van der Waals surface area contributed by atoms with Gasteiger partial charge in [-0.05, 0) is 35.7 Å². The summed E-state index contributed by atoms with van der Waals surface area (Å²) >= 11 is 3.46. The van der Waals surface area contributed by atoms with Gasteiger partial charge in [0.05, 0.1) is 0 Å². The monoisotopic (exact) mass is 237 g/mol. The van der Waals surface area contributed by atoms with Crippen LogP contribution in [0.25, 0.3) is 0 Å². The lowest BCUT2D eigenvalue weighted by molar-refractivity contribution is 0.789. The Morgan fingerprint density at radius 3 is 2.38 bits per heavy atom. The van der Waals surface area contributed by atoms with E-state index in [0.717, 1.165) is 5.92 Å². The number of hydrogen-bond acceptors (Lipinski definition) is 0. The van der Waals surface area contributed by atoms with Crippen LogP contribution in [-0.2, 0) is 0 Å². The molecule has 0 unspecified atom stereocenters. The predicted octanol–water partition coefficient (Wildman–Crippen LogP) is 4.19. The minimum absolute atomic E-state index is 0.895. The Labute approximate surface area is 88.5 Å². The lowest BCUT2D eigenvalue weighted by Gasteiger charge is -2.05. The SMILES string of the molecule is CC[C+](c1ccc(Br)cc1)C1CC1. The maximum Gasteiger partial charge on any atom is 0.133 e. The Morgan fingerprint density at radius 2 is 1.92 bits per heavy atom. The maximum absolute atomic E-state index is 3.46. The van der Waals surface area contributed by atoms with Crippen molar-refractivity contribution >= 4 is 15.9 Å². The molecule has 0 N–H and O–H groups in total. The zero-order chi connectivity index (χ0) is 9.26. The molecule has 0 bridgehead atoms. The van der Waals surface area contributed by atoms with Crippen molar-refractivity contribution in [2.45, 2.75) is 26.2 Å². The molecule has 0 amide bonds. The lowest BCUT2D eigenvalue weighted by Crippen LogP contribution is -2.00. The number of benzene rings is 1. The van der Waals surface area contributed by atoms with Crippen molar-refractivity contribution in [3.8, 4) is 0 Å². The Balaban J connectivity index is 2.17. The van der Waals surface area contributed by atoms with Crippen molar-refractivity contribution in [3.05, 3.63) is 40.2 Å². The van der Waals surface area contributed by atoms with E-state index in [0.29, 0.717) is 0 Å². The molecule has 1 heteroatoms. The molecule has 0 atom stereocenters. The lowest BCUT2D eigenvalue weighted by atomic mass is 9.92. The fourth-order valence-corrected chi connectivity index (χ4v) is 2.09. The Kier molecular flexibility index (Phi) is 2.63. The quantitative estimate of drug-likeness (QED) is 0.692. The molecule has 1 saturated carbocycles. The molecule has 1 aromatic carbocycles. The van der Waals surface area contributed by atoms with Crippen LogP contribution in [0, 0.1) is 11.8 Å². The summed E-state index contributed by atoms with van der Waals surface area (Å²) in [7, 11) is 0. The van der Waals surface area contributed by atoms with Crippen molar-refractivity contribution < 1.29 is 0 Å². The molecular weight excluding hydrogens is 224 g/mol. The van der Waals surface area contributed by atoms with Gasteiger partial charge in [-0.3, -0.25) is 0 Å². The molecule has 1 fully saturated rings. The molecule has 0 spiro atoms. The summed E-state index contributed by atoms with van der Waals surface area (Å²) in [6, 6.07) is 8.71. The van der Waals surface area contributed by atoms with Gasteiger partial charge in [-0.25, -0.2) is 0 Å². The summed E-state index contributed by atoms with van der Waals surface area (Å²) in [6.45, 7) is 2.26. The summed E-state index contributed by atoms with van der Waals surface area (Å²) in [5.74, 6) is 2.54. The van der Waals surface area contributed by atoms with Gasteiger partial charge in [0.2, 0.25) is 0 Å². The third-order valence-corrected chi connectivity index (χ3v) is 3.19. The average Bonchev–Trinajstić information content (AvgIpc) is 2.93. The van der Waals surface area contributed by atoms with E-state index in [1.165, 1.54) is 29.3 Å². The van der Waals surface area contributed by atoms with Crippen LogP contribution in [0.2, 0.25) is 0 Å².